The molecule has 4 nitrogen and oxygen atoms in total. The van der Waals surface area contributed by atoms with Crippen molar-refractivity contribution in [2.24, 2.45) is 11.8 Å². The lowest BCUT2D eigenvalue weighted by Gasteiger charge is -2.37. The highest BCUT2D eigenvalue weighted by Crippen LogP contribution is 2.33. The molecule has 0 bridgehead atoms. The number of nitrogens with zero attached hydrogens (tertiary/aromatic N) is 2. The van der Waals surface area contributed by atoms with Gasteiger partial charge in [-0.15, -0.1) is 11.6 Å². The Kier molecular flexibility index (Phi) is 3.70. The maximum absolute atomic E-state index is 12.0. The summed E-state index contributed by atoms with van der Waals surface area (Å²) in [5, 5.41) is 0. The van der Waals surface area contributed by atoms with Gasteiger partial charge in [0.05, 0.1) is 0 Å². The second kappa shape index (κ2) is 5.31. The third-order valence-corrected chi connectivity index (χ3v) is 5.04. The maximum atomic E-state index is 12.0. The summed E-state index contributed by atoms with van der Waals surface area (Å²) in [7, 11) is 0. The Morgan fingerprint density at radius 3 is 2.42 bits per heavy atom. The summed E-state index contributed by atoms with van der Waals surface area (Å²) in [6.45, 7) is 2.44. The highest BCUT2D eigenvalue weighted by Gasteiger charge is 2.38. The molecule has 0 spiro atoms. The normalized spacial score (nSPS) is 29.1. The van der Waals surface area contributed by atoms with E-state index >= 15 is 0 Å². The number of rotatable bonds is 3. The lowest BCUT2D eigenvalue weighted by atomic mass is 10.0. The molecule has 106 valence electrons. The van der Waals surface area contributed by atoms with Gasteiger partial charge in [-0.05, 0) is 31.6 Å². The van der Waals surface area contributed by atoms with Gasteiger partial charge in [0.15, 0.2) is 0 Å². The minimum atomic E-state index is 0.248. The standard InChI is InChI=1S/C14H21ClN2O2/c15-8-10-7-13(18)17(9-10)12-3-5-16(6-4-12)14(19)11-1-2-11/h10-12H,1-9H2. The molecule has 1 atom stereocenters. The fraction of sp³-hybridized carbons (Fsp3) is 0.857. The Morgan fingerprint density at radius 1 is 1.21 bits per heavy atom. The van der Waals surface area contributed by atoms with E-state index in [1.54, 1.807) is 0 Å². The van der Waals surface area contributed by atoms with Crippen LogP contribution in [0.3, 0.4) is 0 Å². The Labute approximate surface area is 119 Å². The number of halogens is 1. The Balaban J connectivity index is 1.52. The Bertz CT molecular complexity index is 376. The molecule has 1 unspecified atom stereocenters. The predicted molar refractivity (Wildman–Crippen MR) is 72.9 cm³/mol. The van der Waals surface area contributed by atoms with E-state index in [4.69, 9.17) is 11.6 Å². The molecule has 2 amide bonds. The van der Waals surface area contributed by atoms with E-state index in [0.29, 0.717) is 36.1 Å². The van der Waals surface area contributed by atoms with Crippen LogP contribution >= 0.6 is 11.6 Å². The van der Waals surface area contributed by atoms with Crippen LogP contribution in [0.1, 0.15) is 32.1 Å². The number of carbonyl (C=O) groups is 2. The Hall–Kier alpha value is -0.770. The highest BCUT2D eigenvalue weighted by molar-refractivity contribution is 6.18. The summed E-state index contributed by atoms with van der Waals surface area (Å²) < 4.78 is 0. The SMILES string of the molecule is O=C(C1CC1)N1CCC(N2CC(CCl)CC2=O)CC1. The predicted octanol–water partition coefficient (Wildman–Crippen LogP) is 1.47. The summed E-state index contributed by atoms with van der Waals surface area (Å²) in [4.78, 5) is 27.9. The molecule has 3 rings (SSSR count). The van der Waals surface area contributed by atoms with Crippen molar-refractivity contribution in [2.75, 3.05) is 25.5 Å². The van der Waals surface area contributed by atoms with E-state index in [0.717, 1.165) is 45.3 Å². The second-order valence-corrected chi connectivity index (χ2v) is 6.41. The van der Waals surface area contributed by atoms with E-state index in [9.17, 15) is 9.59 Å². The van der Waals surface area contributed by atoms with Gasteiger partial charge in [0.25, 0.3) is 0 Å². The first-order valence-corrected chi connectivity index (χ1v) is 7.86. The quantitative estimate of drug-likeness (QED) is 0.737. The zero-order valence-corrected chi connectivity index (χ0v) is 11.9. The van der Waals surface area contributed by atoms with E-state index in [1.807, 2.05) is 9.80 Å². The number of hydrogen-bond acceptors (Lipinski definition) is 2. The van der Waals surface area contributed by atoms with E-state index in [2.05, 4.69) is 0 Å². The molecule has 0 aromatic heterocycles. The van der Waals surface area contributed by atoms with Crippen molar-refractivity contribution in [3.8, 4) is 0 Å². The van der Waals surface area contributed by atoms with Gasteiger partial charge in [0, 0.05) is 43.9 Å². The van der Waals surface area contributed by atoms with Crippen molar-refractivity contribution < 1.29 is 9.59 Å². The van der Waals surface area contributed by atoms with Crippen molar-refractivity contribution in [3.63, 3.8) is 0 Å². The first kappa shape index (κ1) is 13.2. The van der Waals surface area contributed by atoms with Crippen LogP contribution in [-0.2, 0) is 9.59 Å². The minimum Gasteiger partial charge on any atom is -0.342 e. The first-order chi connectivity index (χ1) is 9.19. The molecular formula is C14H21ClN2O2. The summed E-state index contributed by atoms with van der Waals surface area (Å²) in [6.07, 6.45) is 4.60. The molecule has 2 aliphatic heterocycles. The van der Waals surface area contributed by atoms with Crippen molar-refractivity contribution in [2.45, 2.75) is 38.1 Å². The second-order valence-electron chi connectivity index (χ2n) is 6.10. The van der Waals surface area contributed by atoms with Crippen LogP contribution in [0.15, 0.2) is 0 Å². The first-order valence-electron chi connectivity index (χ1n) is 7.33. The number of likely N-dealkylation sites (tertiary alicyclic amines) is 2. The molecule has 0 aromatic carbocycles. The number of amides is 2. The maximum Gasteiger partial charge on any atom is 0.225 e. The summed E-state index contributed by atoms with van der Waals surface area (Å²) in [6, 6.07) is 0.323. The fourth-order valence-electron chi connectivity index (χ4n) is 3.25. The lowest BCUT2D eigenvalue weighted by Crippen LogP contribution is -2.47. The van der Waals surface area contributed by atoms with Crippen LogP contribution in [0.25, 0.3) is 0 Å². The number of hydrogen-bond donors (Lipinski definition) is 0. The highest BCUT2D eigenvalue weighted by atomic mass is 35.5. The summed E-state index contributed by atoms with van der Waals surface area (Å²) >= 11 is 5.85. The van der Waals surface area contributed by atoms with E-state index in [1.165, 1.54) is 0 Å². The van der Waals surface area contributed by atoms with Gasteiger partial charge in [-0.3, -0.25) is 9.59 Å². The van der Waals surface area contributed by atoms with Crippen molar-refractivity contribution in [1.29, 1.82) is 0 Å². The van der Waals surface area contributed by atoms with Gasteiger partial charge in [0.1, 0.15) is 0 Å². The topological polar surface area (TPSA) is 40.6 Å². The minimum absolute atomic E-state index is 0.248. The van der Waals surface area contributed by atoms with E-state index in [-0.39, 0.29) is 5.91 Å². The monoisotopic (exact) mass is 284 g/mol. The van der Waals surface area contributed by atoms with Crippen LogP contribution in [-0.4, -0.2) is 53.2 Å². The third kappa shape index (κ3) is 2.73. The average molecular weight is 285 g/mol. The largest absolute Gasteiger partial charge is 0.342 e. The molecular weight excluding hydrogens is 264 g/mol. The molecule has 2 saturated heterocycles. The van der Waals surface area contributed by atoms with Gasteiger partial charge in [-0.1, -0.05) is 0 Å². The molecule has 3 fully saturated rings. The van der Waals surface area contributed by atoms with Crippen LogP contribution in [0.4, 0.5) is 0 Å². The molecule has 5 heteroatoms. The molecule has 19 heavy (non-hydrogen) atoms. The molecule has 3 aliphatic rings. The molecule has 0 N–H and O–H groups in total. The van der Waals surface area contributed by atoms with Crippen LogP contribution < -0.4 is 0 Å². The van der Waals surface area contributed by atoms with Crippen LogP contribution in [0.2, 0.25) is 0 Å². The fourth-order valence-corrected chi connectivity index (χ4v) is 3.46. The molecule has 1 saturated carbocycles. The van der Waals surface area contributed by atoms with Crippen molar-refractivity contribution in [1.82, 2.24) is 9.80 Å². The van der Waals surface area contributed by atoms with Gasteiger partial charge in [0.2, 0.25) is 11.8 Å². The summed E-state index contributed by atoms with van der Waals surface area (Å²) in [5.41, 5.74) is 0. The molecule has 0 radical (unpaired) electrons. The average Bonchev–Trinajstić information content (AvgIpc) is 3.21. The summed E-state index contributed by atoms with van der Waals surface area (Å²) in [5.74, 6) is 1.79. The van der Waals surface area contributed by atoms with Crippen LogP contribution in [0.5, 0.6) is 0 Å². The van der Waals surface area contributed by atoms with Crippen molar-refractivity contribution >= 4 is 23.4 Å². The number of piperidine rings is 1. The van der Waals surface area contributed by atoms with Gasteiger partial charge in [-0.25, -0.2) is 0 Å². The molecule has 1 aliphatic carbocycles. The Morgan fingerprint density at radius 2 is 1.89 bits per heavy atom. The number of carbonyl (C=O) groups excluding carboxylic acids is 2. The number of alkyl halides is 1. The van der Waals surface area contributed by atoms with Crippen molar-refractivity contribution in [3.05, 3.63) is 0 Å². The third-order valence-electron chi connectivity index (χ3n) is 4.60. The molecule has 2 heterocycles. The smallest absolute Gasteiger partial charge is 0.225 e. The molecule has 0 aromatic rings. The zero-order valence-electron chi connectivity index (χ0n) is 11.2. The van der Waals surface area contributed by atoms with Gasteiger partial charge < -0.3 is 9.80 Å². The zero-order chi connectivity index (χ0) is 13.4. The van der Waals surface area contributed by atoms with Gasteiger partial charge >= 0.3 is 0 Å². The van der Waals surface area contributed by atoms with E-state index < -0.39 is 0 Å². The van der Waals surface area contributed by atoms with Gasteiger partial charge in [-0.2, -0.15) is 0 Å². The lowest BCUT2D eigenvalue weighted by molar-refractivity contribution is -0.135. The van der Waals surface area contributed by atoms with Crippen LogP contribution in [0, 0.1) is 11.8 Å².